The lowest BCUT2D eigenvalue weighted by molar-refractivity contribution is -0.121. The molecule has 3 heteroatoms. The van der Waals surface area contributed by atoms with Crippen LogP contribution in [0.1, 0.15) is 37.3 Å². The van der Waals surface area contributed by atoms with Gasteiger partial charge < -0.3 is 10.6 Å². The van der Waals surface area contributed by atoms with Gasteiger partial charge in [0.25, 0.3) is 0 Å². The predicted molar refractivity (Wildman–Crippen MR) is 73.7 cm³/mol. The van der Waals surface area contributed by atoms with Crippen molar-refractivity contribution in [3.63, 3.8) is 0 Å². The molecule has 0 radical (unpaired) electrons. The summed E-state index contributed by atoms with van der Waals surface area (Å²) in [4.78, 5) is 11.6. The Balaban J connectivity index is 1.66. The van der Waals surface area contributed by atoms with Crippen molar-refractivity contribution >= 4 is 5.91 Å². The fraction of sp³-hybridized carbons (Fsp3) is 0.533. The zero-order chi connectivity index (χ0) is 13.0. The van der Waals surface area contributed by atoms with E-state index in [1.165, 1.54) is 11.1 Å². The first-order valence-electron chi connectivity index (χ1n) is 6.74. The van der Waals surface area contributed by atoms with E-state index >= 15 is 0 Å². The number of benzene rings is 1. The fourth-order valence-corrected chi connectivity index (χ4v) is 2.34. The smallest absolute Gasteiger partial charge is 0.221 e. The zero-order valence-corrected chi connectivity index (χ0v) is 11.2. The van der Waals surface area contributed by atoms with Gasteiger partial charge in [-0.05, 0) is 17.5 Å². The van der Waals surface area contributed by atoms with Gasteiger partial charge in [0.05, 0.1) is 0 Å². The van der Waals surface area contributed by atoms with E-state index in [0.29, 0.717) is 18.4 Å². The molecule has 0 saturated carbocycles. The first-order chi connectivity index (χ1) is 8.66. The monoisotopic (exact) mass is 246 g/mol. The largest absolute Gasteiger partial charge is 0.355 e. The van der Waals surface area contributed by atoms with E-state index in [1.807, 2.05) is 0 Å². The highest BCUT2D eigenvalue weighted by Gasteiger charge is 2.25. The molecule has 3 nitrogen and oxygen atoms in total. The van der Waals surface area contributed by atoms with Crippen molar-refractivity contribution in [2.45, 2.75) is 38.6 Å². The van der Waals surface area contributed by atoms with Crippen molar-refractivity contribution in [2.75, 3.05) is 13.1 Å². The Bertz CT molecular complexity index is 415. The maximum absolute atomic E-state index is 11.6. The first kappa shape index (κ1) is 13.1. The second kappa shape index (κ2) is 6.01. The lowest BCUT2D eigenvalue weighted by Gasteiger charge is -2.30. The summed E-state index contributed by atoms with van der Waals surface area (Å²) >= 11 is 0. The molecule has 0 aromatic heterocycles. The summed E-state index contributed by atoms with van der Waals surface area (Å²) in [7, 11) is 0. The number of hydrogen-bond donors (Lipinski definition) is 2. The second-order valence-corrected chi connectivity index (χ2v) is 5.26. The molecule has 2 N–H and O–H groups in total. The number of carbonyl (C=O) groups is 1. The fourth-order valence-electron chi connectivity index (χ4n) is 2.34. The number of nitrogens with one attached hydrogen (secondary N) is 2. The number of fused-ring (bicyclic) bond motifs is 1. The molecule has 0 saturated heterocycles. The van der Waals surface area contributed by atoms with Crippen LogP contribution in [0.3, 0.4) is 0 Å². The van der Waals surface area contributed by atoms with Crippen molar-refractivity contribution in [3.8, 4) is 0 Å². The molecule has 0 heterocycles. The zero-order valence-electron chi connectivity index (χ0n) is 11.2. The van der Waals surface area contributed by atoms with E-state index in [1.54, 1.807) is 0 Å². The SMILES string of the molecule is CC(C)NCCC(=O)NCC1Cc2ccccc21. The Morgan fingerprint density at radius 1 is 1.39 bits per heavy atom. The standard InChI is InChI=1S/C15H22N2O/c1-11(2)16-8-7-15(18)17-10-13-9-12-5-3-4-6-14(12)13/h3-6,11,13,16H,7-10H2,1-2H3,(H,17,18). The summed E-state index contributed by atoms with van der Waals surface area (Å²) in [5, 5.41) is 6.27. The first-order valence-corrected chi connectivity index (χ1v) is 6.74. The van der Waals surface area contributed by atoms with Crippen LogP contribution in [0.25, 0.3) is 0 Å². The Hall–Kier alpha value is -1.35. The molecule has 1 aromatic rings. The Morgan fingerprint density at radius 2 is 2.17 bits per heavy atom. The Kier molecular flexibility index (Phi) is 4.37. The van der Waals surface area contributed by atoms with E-state index in [2.05, 4.69) is 48.7 Å². The molecule has 0 spiro atoms. The van der Waals surface area contributed by atoms with Gasteiger partial charge in [-0.3, -0.25) is 4.79 Å². The van der Waals surface area contributed by atoms with Crippen molar-refractivity contribution in [1.82, 2.24) is 10.6 Å². The van der Waals surface area contributed by atoms with Crippen LogP contribution < -0.4 is 10.6 Å². The molecule has 0 fully saturated rings. The average Bonchev–Trinajstić information content (AvgIpc) is 2.30. The minimum atomic E-state index is 0.146. The molecule has 1 aliphatic carbocycles. The van der Waals surface area contributed by atoms with Gasteiger partial charge in [-0.25, -0.2) is 0 Å². The van der Waals surface area contributed by atoms with Crippen molar-refractivity contribution in [3.05, 3.63) is 35.4 Å². The van der Waals surface area contributed by atoms with E-state index in [0.717, 1.165) is 19.5 Å². The summed E-state index contributed by atoms with van der Waals surface area (Å²) in [6.07, 6.45) is 1.66. The van der Waals surface area contributed by atoms with Crippen LogP contribution in [0, 0.1) is 0 Å². The number of amides is 1. The lowest BCUT2D eigenvalue weighted by Crippen LogP contribution is -2.35. The van der Waals surface area contributed by atoms with Crippen molar-refractivity contribution in [2.24, 2.45) is 0 Å². The van der Waals surface area contributed by atoms with Crippen LogP contribution in [0.4, 0.5) is 0 Å². The summed E-state index contributed by atoms with van der Waals surface area (Å²) in [5.74, 6) is 0.663. The molecule has 1 atom stereocenters. The second-order valence-electron chi connectivity index (χ2n) is 5.26. The highest BCUT2D eigenvalue weighted by molar-refractivity contribution is 5.76. The normalized spacial score (nSPS) is 17.2. The lowest BCUT2D eigenvalue weighted by atomic mass is 9.77. The molecular formula is C15H22N2O. The molecule has 98 valence electrons. The molecular weight excluding hydrogens is 224 g/mol. The van der Waals surface area contributed by atoms with Gasteiger partial charge in [0.15, 0.2) is 0 Å². The maximum Gasteiger partial charge on any atom is 0.221 e. The van der Waals surface area contributed by atoms with Gasteiger partial charge in [0, 0.05) is 31.5 Å². The maximum atomic E-state index is 11.6. The quantitative estimate of drug-likeness (QED) is 0.804. The summed E-state index contributed by atoms with van der Waals surface area (Å²) in [6, 6.07) is 8.91. The van der Waals surface area contributed by atoms with E-state index in [9.17, 15) is 4.79 Å². The topological polar surface area (TPSA) is 41.1 Å². The number of carbonyl (C=O) groups excluding carboxylic acids is 1. The average molecular weight is 246 g/mol. The van der Waals surface area contributed by atoms with Crippen LogP contribution >= 0.6 is 0 Å². The van der Waals surface area contributed by atoms with E-state index in [4.69, 9.17) is 0 Å². The van der Waals surface area contributed by atoms with Crippen LogP contribution in [0.15, 0.2) is 24.3 Å². The van der Waals surface area contributed by atoms with E-state index in [-0.39, 0.29) is 5.91 Å². The molecule has 18 heavy (non-hydrogen) atoms. The van der Waals surface area contributed by atoms with Gasteiger partial charge in [0.1, 0.15) is 0 Å². The van der Waals surface area contributed by atoms with Gasteiger partial charge >= 0.3 is 0 Å². The van der Waals surface area contributed by atoms with Crippen LogP contribution in [0.5, 0.6) is 0 Å². The predicted octanol–water partition coefficient (Wildman–Crippen LogP) is 1.83. The molecule has 2 rings (SSSR count). The van der Waals surface area contributed by atoms with Gasteiger partial charge in [-0.1, -0.05) is 38.1 Å². The van der Waals surface area contributed by atoms with Crippen LogP contribution in [0.2, 0.25) is 0 Å². The third kappa shape index (κ3) is 3.33. The van der Waals surface area contributed by atoms with Gasteiger partial charge in [-0.2, -0.15) is 0 Å². The van der Waals surface area contributed by atoms with Crippen molar-refractivity contribution in [1.29, 1.82) is 0 Å². The number of hydrogen-bond acceptors (Lipinski definition) is 2. The Morgan fingerprint density at radius 3 is 2.89 bits per heavy atom. The molecule has 1 aromatic carbocycles. The summed E-state index contributed by atoms with van der Waals surface area (Å²) < 4.78 is 0. The summed E-state index contributed by atoms with van der Waals surface area (Å²) in [6.45, 7) is 5.70. The van der Waals surface area contributed by atoms with Crippen LogP contribution in [-0.4, -0.2) is 25.0 Å². The van der Waals surface area contributed by atoms with Gasteiger partial charge in [0.2, 0.25) is 5.91 Å². The Labute approximate surface area is 109 Å². The van der Waals surface area contributed by atoms with Crippen molar-refractivity contribution < 1.29 is 4.79 Å². The third-order valence-corrected chi connectivity index (χ3v) is 3.41. The van der Waals surface area contributed by atoms with Crippen LogP contribution in [-0.2, 0) is 11.2 Å². The third-order valence-electron chi connectivity index (χ3n) is 3.41. The minimum absolute atomic E-state index is 0.146. The highest BCUT2D eigenvalue weighted by Crippen LogP contribution is 2.33. The molecule has 1 amide bonds. The highest BCUT2D eigenvalue weighted by atomic mass is 16.1. The van der Waals surface area contributed by atoms with E-state index < -0.39 is 0 Å². The minimum Gasteiger partial charge on any atom is -0.355 e. The number of rotatable bonds is 6. The molecule has 0 aliphatic heterocycles. The molecule has 1 aliphatic rings. The molecule has 1 unspecified atom stereocenters. The molecule has 0 bridgehead atoms. The van der Waals surface area contributed by atoms with Gasteiger partial charge in [-0.15, -0.1) is 0 Å². The summed E-state index contributed by atoms with van der Waals surface area (Å²) in [5.41, 5.74) is 2.83.